The highest BCUT2D eigenvalue weighted by Crippen LogP contribution is 2.34. The summed E-state index contributed by atoms with van der Waals surface area (Å²) in [6.45, 7) is 12.1. The van der Waals surface area contributed by atoms with Gasteiger partial charge in [0.25, 0.3) is 0 Å². The van der Waals surface area contributed by atoms with Crippen LogP contribution in [-0.4, -0.2) is 27.6 Å². The first-order chi connectivity index (χ1) is 19.1. The molecule has 0 amide bonds. The van der Waals surface area contributed by atoms with E-state index in [4.69, 9.17) is 13.9 Å². The predicted molar refractivity (Wildman–Crippen MR) is 162 cm³/mol. The van der Waals surface area contributed by atoms with Gasteiger partial charge in [-0.1, -0.05) is 53.8 Å². The number of fused-ring (bicyclic) bond motifs is 1. The molecule has 0 bridgehead atoms. The van der Waals surface area contributed by atoms with Crippen LogP contribution in [0.5, 0.6) is 5.75 Å². The zero-order valence-corrected chi connectivity index (χ0v) is 24.9. The van der Waals surface area contributed by atoms with Gasteiger partial charge in [0.1, 0.15) is 39.8 Å². The largest absolute Gasteiger partial charge is 0.591 e. The van der Waals surface area contributed by atoms with Crippen LogP contribution in [0, 0.1) is 0 Å². The summed E-state index contributed by atoms with van der Waals surface area (Å²) >= 11 is -1.40. The minimum atomic E-state index is -1.40. The van der Waals surface area contributed by atoms with E-state index in [9.17, 15) is 9.35 Å². The summed E-state index contributed by atoms with van der Waals surface area (Å²) in [7, 11) is 0. The minimum absolute atomic E-state index is 0.151. The highest BCUT2D eigenvalue weighted by molar-refractivity contribution is 7.91. The first kappa shape index (κ1) is 29.4. The van der Waals surface area contributed by atoms with Crippen LogP contribution < -0.4 is 4.74 Å². The molecule has 0 saturated heterocycles. The number of nitrogens with zero attached hydrogens (tertiary/aromatic N) is 1. The van der Waals surface area contributed by atoms with Crippen molar-refractivity contribution in [2.45, 2.75) is 65.7 Å². The summed E-state index contributed by atoms with van der Waals surface area (Å²) in [4.78, 5) is 12.1. The zero-order chi connectivity index (χ0) is 28.9. The summed E-state index contributed by atoms with van der Waals surface area (Å²) in [5.74, 6) is 0.942. The summed E-state index contributed by atoms with van der Waals surface area (Å²) in [5.41, 5.74) is 6.28. The summed E-state index contributed by atoms with van der Waals surface area (Å²) in [6, 6.07) is 22.0. The lowest BCUT2D eigenvalue weighted by Gasteiger charge is -2.18. The maximum Gasteiger partial charge on any atom is 0.310 e. The smallest absolute Gasteiger partial charge is 0.310 e. The number of hydrogen-bond donors (Lipinski definition) is 0. The summed E-state index contributed by atoms with van der Waals surface area (Å²) in [5, 5.41) is 0.906. The average molecular weight is 560 g/mol. The second-order valence-electron chi connectivity index (χ2n) is 10.6. The third kappa shape index (κ3) is 7.14. The molecule has 0 N–H and O–H groups in total. The van der Waals surface area contributed by atoms with E-state index in [0.29, 0.717) is 30.4 Å². The SMILES string of the molecule is CCOC(=O)Cc1ccccc1OCc1cc(-c2cccc(CC)c2)c2oc(/C(C)=N\[S+]([O-])C(C)(C)C)cc2c1. The number of aryl methyl sites for hydroxylation is 1. The second-order valence-corrected chi connectivity index (χ2v) is 12.5. The molecule has 0 aliphatic rings. The number of carbonyl (C=O) groups excluding carboxylic acids is 1. The first-order valence-electron chi connectivity index (χ1n) is 13.6. The standard InChI is InChI=1S/C33H37NO5S/c1-7-23-12-11-14-25(16-23)28-18-24(21-38-29-15-10-9-13-26(29)20-31(35)37-8-2)17-27-19-30(39-32(27)28)22(3)34-40(36)33(4,5)6/h9-19H,7-8,20-21H2,1-6H3/b34-22-. The Morgan fingerprint density at radius 1 is 1.00 bits per heavy atom. The van der Waals surface area contributed by atoms with Crippen molar-refractivity contribution in [2.24, 2.45) is 4.40 Å². The highest BCUT2D eigenvalue weighted by Gasteiger charge is 2.27. The molecule has 0 aliphatic heterocycles. The van der Waals surface area contributed by atoms with Crippen molar-refractivity contribution < 1.29 is 23.2 Å². The predicted octanol–water partition coefficient (Wildman–Crippen LogP) is 7.62. The van der Waals surface area contributed by atoms with E-state index in [1.165, 1.54) is 5.56 Å². The Morgan fingerprint density at radius 3 is 2.50 bits per heavy atom. The van der Waals surface area contributed by atoms with E-state index in [2.05, 4.69) is 41.7 Å². The Balaban J connectivity index is 1.73. The fourth-order valence-corrected chi connectivity index (χ4v) is 4.89. The van der Waals surface area contributed by atoms with Crippen LogP contribution in [0.1, 0.15) is 64.0 Å². The minimum Gasteiger partial charge on any atom is -0.591 e. The zero-order valence-electron chi connectivity index (χ0n) is 24.1. The van der Waals surface area contributed by atoms with Gasteiger partial charge < -0.3 is 18.4 Å². The Hall–Kier alpha value is -3.55. The van der Waals surface area contributed by atoms with Gasteiger partial charge >= 0.3 is 5.97 Å². The van der Waals surface area contributed by atoms with Gasteiger partial charge in [-0.15, -0.1) is 0 Å². The maximum absolute atomic E-state index is 12.7. The van der Waals surface area contributed by atoms with Gasteiger partial charge in [0.15, 0.2) is 5.76 Å². The number of esters is 1. The van der Waals surface area contributed by atoms with E-state index in [-0.39, 0.29) is 12.4 Å². The van der Waals surface area contributed by atoms with Gasteiger partial charge in [-0.3, -0.25) is 4.79 Å². The first-order valence-corrected chi connectivity index (χ1v) is 14.7. The van der Waals surface area contributed by atoms with Gasteiger partial charge in [-0.2, -0.15) is 0 Å². The van der Waals surface area contributed by atoms with Gasteiger partial charge in [-0.25, -0.2) is 0 Å². The molecular weight excluding hydrogens is 522 g/mol. The molecule has 7 heteroatoms. The molecule has 0 radical (unpaired) electrons. The van der Waals surface area contributed by atoms with E-state index in [1.54, 1.807) is 6.92 Å². The van der Waals surface area contributed by atoms with Gasteiger partial charge in [0.2, 0.25) is 0 Å². The van der Waals surface area contributed by atoms with Gasteiger partial charge in [0, 0.05) is 16.5 Å². The number of benzene rings is 3. The Bertz CT molecular complexity index is 1520. The van der Waals surface area contributed by atoms with Crippen LogP contribution in [0.25, 0.3) is 22.1 Å². The normalized spacial score (nSPS) is 12.9. The molecule has 3 aromatic carbocycles. The molecule has 0 aliphatic carbocycles. The van der Waals surface area contributed by atoms with Crippen molar-refractivity contribution in [1.29, 1.82) is 0 Å². The molecule has 4 rings (SSSR count). The number of carbonyl (C=O) groups is 1. The van der Waals surface area contributed by atoms with Gasteiger partial charge in [0.05, 0.1) is 13.0 Å². The highest BCUT2D eigenvalue weighted by atomic mass is 32.2. The molecule has 1 aromatic heterocycles. The van der Waals surface area contributed by atoms with E-state index in [0.717, 1.165) is 39.6 Å². The summed E-state index contributed by atoms with van der Waals surface area (Å²) in [6.07, 6.45) is 1.07. The topological polar surface area (TPSA) is 84.1 Å². The lowest BCUT2D eigenvalue weighted by molar-refractivity contribution is -0.142. The van der Waals surface area contributed by atoms with Crippen molar-refractivity contribution >= 4 is 34.0 Å². The maximum atomic E-state index is 12.7. The Morgan fingerprint density at radius 2 is 1.77 bits per heavy atom. The van der Waals surface area contributed by atoms with E-state index in [1.807, 2.05) is 64.1 Å². The van der Waals surface area contributed by atoms with Crippen LogP contribution in [0.3, 0.4) is 0 Å². The van der Waals surface area contributed by atoms with Crippen LogP contribution in [0.2, 0.25) is 0 Å². The number of ether oxygens (including phenoxy) is 2. The molecule has 0 saturated carbocycles. The van der Waals surface area contributed by atoms with Crippen molar-refractivity contribution in [2.75, 3.05) is 6.61 Å². The molecule has 40 heavy (non-hydrogen) atoms. The Kier molecular flexibility index (Phi) is 9.38. The van der Waals surface area contributed by atoms with Crippen molar-refractivity contribution in [3.63, 3.8) is 0 Å². The lowest BCUT2D eigenvalue weighted by Crippen LogP contribution is -2.26. The third-order valence-electron chi connectivity index (χ3n) is 6.43. The fraction of sp³-hybridized carbons (Fsp3) is 0.333. The van der Waals surface area contributed by atoms with Crippen molar-refractivity contribution in [3.8, 4) is 16.9 Å². The number of para-hydroxylation sites is 1. The van der Waals surface area contributed by atoms with Crippen molar-refractivity contribution in [1.82, 2.24) is 0 Å². The second kappa shape index (κ2) is 12.7. The molecule has 1 unspecified atom stereocenters. The van der Waals surface area contributed by atoms with Gasteiger partial charge in [-0.05, 0) is 82.0 Å². The molecule has 1 heterocycles. The Labute approximate surface area is 239 Å². The number of hydrogen-bond acceptors (Lipinski definition) is 6. The van der Waals surface area contributed by atoms with Crippen LogP contribution in [-0.2, 0) is 40.3 Å². The number of furan rings is 1. The monoisotopic (exact) mass is 559 g/mol. The molecular formula is C33H37NO5S. The van der Waals surface area contributed by atoms with Crippen molar-refractivity contribution in [3.05, 3.63) is 89.2 Å². The summed E-state index contributed by atoms with van der Waals surface area (Å²) < 4.78 is 34.3. The molecule has 0 fully saturated rings. The quantitative estimate of drug-likeness (QED) is 0.113. The fourth-order valence-electron chi connectivity index (χ4n) is 4.28. The molecule has 0 spiro atoms. The average Bonchev–Trinajstić information content (AvgIpc) is 3.36. The van der Waals surface area contributed by atoms with E-state index < -0.39 is 16.1 Å². The molecule has 1 atom stereocenters. The third-order valence-corrected chi connectivity index (χ3v) is 7.92. The van der Waals surface area contributed by atoms with Crippen LogP contribution in [0.4, 0.5) is 0 Å². The van der Waals surface area contributed by atoms with E-state index >= 15 is 0 Å². The lowest BCUT2D eigenvalue weighted by atomic mass is 9.98. The molecule has 4 aromatic rings. The van der Waals surface area contributed by atoms with Crippen LogP contribution >= 0.6 is 0 Å². The molecule has 210 valence electrons. The van der Waals surface area contributed by atoms with Crippen LogP contribution in [0.15, 0.2) is 75.5 Å². The number of rotatable bonds is 10. The molecule has 6 nitrogen and oxygen atoms in total.